The topological polar surface area (TPSA) is 42.0 Å². The first-order valence-corrected chi connectivity index (χ1v) is 7.25. The Labute approximate surface area is 122 Å². The third kappa shape index (κ3) is 3.10. The van der Waals surface area contributed by atoms with Crippen LogP contribution in [0.25, 0.3) is 0 Å². The largest absolute Gasteiger partial charge is 0.347 e. The number of nitrogens with one attached hydrogen (secondary N) is 1. The molecule has 0 atom stereocenters. The molecule has 0 aliphatic carbocycles. The summed E-state index contributed by atoms with van der Waals surface area (Å²) in [6, 6.07) is 5.20. The predicted octanol–water partition coefficient (Wildman–Crippen LogP) is 3.80. The molecule has 0 saturated heterocycles. The standard InChI is InChI=1S/C12H10BrClN2OS/c1-7-11(18-6-16-7)5-15-12(17)9-4-8(13)2-3-10(9)14/h2-4,6H,5H2,1H3,(H,15,17). The van der Waals surface area contributed by atoms with E-state index in [2.05, 4.69) is 26.2 Å². The van der Waals surface area contributed by atoms with Gasteiger partial charge in [-0.2, -0.15) is 0 Å². The second-order valence-corrected chi connectivity index (χ2v) is 5.93. The summed E-state index contributed by atoms with van der Waals surface area (Å²) in [5.41, 5.74) is 3.18. The van der Waals surface area contributed by atoms with Crippen LogP contribution in [0.5, 0.6) is 0 Å². The molecule has 0 unspecified atom stereocenters. The van der Waals surface area contributed by atoms with Gasteiger partial charge < -0.3 is 5.32 Å². The van der Waals surface area contributed by atoms with Crippen molar-refractivity contribution >= 4 is 44.8 Å². The summed E-state index contributed by atoms with van der Waals surface area (Å²) in [6.45, 7) is 2.39. The van der Waals surface area contributed by atoms with E-state index < -0.39 is 0 Å². The number of amides is 1. The van der Waals surface area contributed by atoms with Crippen molar-refractivity contribution in [3.05, 3.63) is 49.3 Å². The molecule has 0 aliphatic rings. The second-order valence-electron chi connectivity index (χ2n) is 3.67. The summed E-state index contributed by atoms with van der Waals surface area (Å²) in [7, 11) is 0. The zero-order chi connectivity index (χ0) is 13.1. The molecule has 2 rings (SSSR count). The first-order chi connectivity index (χ1) is 8.58. The van der Waals surface area contributed by atoms with E-state index in [1.165, 1.54) is 11.3 Å². The Morgan fingerprint density at radius 2 is 2.33 bits per heavy atom. The third-order valence-corrected chi connectivity index (χ3v) is 4.19. The lowest BCUT2D eigenvalue weighted by Crippen LogP contribution is -2.23. The fourth-order valence-corrected chi connectivity index (χ4v) is 2.70. The summed E-state index contributed by atoms with van der Waals surface area (Å²) >= 11 is 10.8. The van der Waals surface area contributed by atoms with Gasteiger partial charge in [0.15, 0.2) is 0 Å². The lowest BCUT2D eigenvalue weighted by atomic mass is 10.2. The third-order valence-electron chi connectivity index (χ3n) is 2.43. The maximum absolute atomic E-state index is 12.0. The molecule has 1 N–H and O–H groups in total. The lowest BCUT2D eigenvalue weighted by Gasteiger charge is -2.06. The average molecular weight is 346 g/mol. The molecule has 3 nitrogen and oxygen atoms in total. The molecule has 0 aliphatic heterocycles. The molecule has 0 bridgehead atoms. The molecule has 0 fully saturated rings. The summed E-state index contributed by atoms with van der Waals surface area (Å²) in [5.74, 6) is -0.186. The SMILES string of the molecule is Cc1ncsc1CNC(=O)c1cc(Br)ccc1Cl. The Kier molecular flexibility index (Phi) is 4.37. The maximum atomic E-state index is 12.0. The molecular weight excluding hydrogens is 336 g/mol. The molecule has 0 spiro atoms. The molecule has 1 amide bonds. The van der Waals surface area contributed by atoms with E-state index in [0.717, 1.165) is 15.0 Å². The highest BCUT2D eigenvalue weighted by atomic mass is 79.9. The summed E-state index contributed by atoms with van der Waals surface area (Å²) in [4.78, 5) is 17.2. The maximum Gasteiger partial charge on any atom is 0.253 e. The molecule has 0 saturated carbocycles. The van der Waals surface area contributed by atoms with Crippen molar-refractivity contribution in [3.63, 3.8) is 0 Å². The van der Waals surface area contributed by atoms with Gasteiger partial charge in [-0.05, 0) is 25.1 Å². The van der Waals surface area contributed by atoms with E-state index in [1.807, 2.05) is 6.92 Å². The Bertz CT molecular complexity index is 585. The Morgan fingerprint density at radius 3 is 3.00 bits per heavy atom. The van der Waals surface area contributed by atoms with Crippen LogP contribution in [0.2, 0.25) is 5.02 Å². The Hall–Kier alpha value is -0.910. The molecular formula is C12H10BrClN2OS. The summed E-state index contributed by atoms with van der Waals surface area (Å²) < 4.78 is 0.825. The van der Waals surface area contributed by atoms with E-state index in [0.29, 0.717) is 17.1 Å². The van der Waals surface area contributed by atoms with Crippen molar-refractivity contribution in [2.24, 2.45) is 0 Å². The molecule has 1 aromatic heterocycles. The molecule has 94 valence electrons. The number of rotatable bonds is 3. The number of carbonyl (C=O) groups is 1. The minimum absolute atomic E-state index is 0.186. The van der Waals surface area contributed by atoms with Gasteiger partial charge in [0.2, 0.25) is 0 Å². The van der Waals surface area contributed by atoms with Gasteiger partial charge in [0.25, 0.3) is 5.91 Å². The minimum Gasteiger partial charge on any atom is -0.347 e. The van der Waals surface area contributed by atoms with E-state index in [1.54, 1.807) is 23.7 Å². The lowest BCUT2D eigenvalue weighted by molar-refractivity contribution is 0.0951. The van der Waals surface area contributed by atoms with Crippen LogP contribution in [0.15, 0.2) is 28.2 Å². The van der Waals surface area contributed by atoms with Crippen LogP contribution in [0.4, 0.5) is 0 Å². The van der Waals surface area contributed by atoms with Crippen molar-refractivity contribution < 1.29 is 4.79 Å². The molecule has 6 heteroatoms. The second kappa shape index (κ2) is 5.82. The quantitative estimate of drug-likeness (QED) is 0.919. The van der Waals surface area contributed by atoms with Crippen LogP contribution in [0.3, 0.4) is 0 Å². The summed E-state index contributed by atoms with van der Waals surface area (Å²) in [6.07, 6.45) is 0. The van der Waals surface area contributed by atoms with Crippen LogP contribution in [0, 0.1) is 6.92 Å². The number of hydrogen-bond acceptors (Lipinski definition) is 3. The number of benzene rings is 1. The fourth-order valence-electron chi connectivity index (χ4n) is 1.42. The number of thiazole rings is 1. The van der Waals surface area contributed by atoms with Gasteiger partial charge >= 0.3 is 0 Å². The van der Waals surface area contributed by atoms with E-state index in [-0.39, 0.29) is 5.91 Å². The van der Waals surface area contributed by atoms with Crippen molar-refractivity contribution in [2.75, 3.05) is 0 Å². The fraction of sp³-hybridized carbons (Fsp3) is 0.167. The average Bonchev–Trinajstić information content (AvgIpc) is 2.75. The first-order valence-electron chi connectivity index (χ1n) is 5.20. The highest BCUT2D eigenvalue weighted by Gasteiger charge is 2.11. The van der Waals surface area contributed by atoms with Gasteiger partial charge in [-0.3, -0.25) is 4.79 Å². The van der Waals surface area contributed by atoms with E-state index in [4.69, 9.17) is 11.6 Å². The Balaban J connectivity index is 2.08. The zero-order valence-electron chi connectivity index (χ0n) is 9.54. The Morgan fingerprint density at radius 1 is 1.56 bits per heavy atom. The minimum atomic E-state index is -0.186. The number of aryl methyl sites for hydroxylation is 1. The zero-order valence-corrected chi connectivity index (χ0v) is 12.7. The van der Waals surface area contributed by atoms with E-state index >= 15 is 0 Å². The smallest absolute Gasteiger partial charge is 0.253 e. The van der Waals surface area contributed by atoms with Crippen LogP contribution >= 0.6 is 38.9 Å². The molecule has 18 heavy (non-hydrogen) atoms. The molecule has 1 heterocycles. The van der Waals surface area contributed by atoms with Gasteiger partial charge in [-0.1, -0.05) is 27.5 Å². The number of aromatic nitrogens is 1. The number of hydrogen-bond donors (Lipinski definition) is 1. The van der Waals surface area contributed by atoms with Gasteiger partial charge in [-0.15, -0.1) is 11.3 Å². The highest BCUT2D eigenvalue weighted by Crippen LogP contribution is 2.21. The van der Waals surface area contributed by atoms with Crippen LogP contribution in [-0.4, -0.2) is 10.9 Å². The van der Waals surface area contributed by atoms with Crippen LogP contribution in [0.1, 0.15) is 20.9 Å². The van der Waals surface area contributed by atoms with Crippen molar-refractivity contribution in [1.29, 1.82) is 0 Å². The normalized spacial score (nSPS) is 10.4. The first kappa shape index (κ1) is 13.5. The van der Waals surface area contributed by atoms with Crippen molar-refractivity contribution in [1.82, 2.24) is 10.3 Å². The number of nitrogens with zero attached hydrogens (tertiary/aromatic N) is 1. The van der Waals surface area contributed by atoms with E-state index in [9.17, 15) is 4.79 Å². The number of carbonyl (C=O) groups excluding carboxylic acids is 1. The van der Waals surface area contributed by atoms with Crippen molar-refractivity contribution in [2.45, 2.75) is 13.5 Å². The van der Waals surface area contributed by atoms with Crippen LogP contribution in [-0.2, 0) is 6.54 Å². The van der Waals surface area contributed by atoms with Gasteiger partial charge in [0.05, 0.1) is 28.3 Å². The highest BCUT2D eigenvalue weighted by molar-refractivity contribution is 9.10. The predicted molar refractivity (Wildman–Crippen MR) is 77.2 cm³/mol. The van der Waals surface area contributed by atoms with Crippen LogP contribution < -0.4 is 5.32 Å². The van der Waals surface area contributed by atoms with Gasteiger partial charge in [0.1, 0.15) is 0 Å². The van der Waals surface area contributed by atoms with Gasteiger partial charge in [-0.25, -0.2) is 4.98 Å². The number of halogens is 2. The molecule has 2 aromatic rings. The molecule has 0 radical (unpaired) electrons. The monoisotopic (exact) mass is 344 g/mol. The molecule has 1 aromatic carbocycles. The van der Waals surface area contributed by atoms with Gasteiger partial charge in [0, 0.05) is 9.35 Å². The van der Waals surface area contributed by atoms with Crippen molar-refractivity contribution in [3.8, 4) is 0 Å². The summed E-state index contributed by atoms with van der Waals surface area (Å²) in [5, 5.41) is 3.28.